The van der Waals surface area contributed by atoms with E-state index in [0.29, 0.717) is 41.5 Å². The molecule has 2 saturated heterocycles. The van der Waals surface area contributed by atoms with Gasteiger partial charge in [0.15, 0.2) is 4.90 Å². The molecule has 3 aromatic rings. The number of ether oxygens (including phenoxy) is 1. The molecule has 2 fully saturated rings. The Balaban J connectivity index is 1.36. The van der Waals surface area contributed by atoms with Crippen molar-refractivity contribution in [2.24, 2.45) is 0 Å². The summed E-state index contributed by atoms with van der Waals surface area (Å²) in [7, 11) is -3.89. The fourth-order valence-corrected chi connectivity index (χ4v) is 8.22. The molecule has 1 aromatic heterocycles. The first-order valence-electron chi connectivity index (χ1n) is 16.3. The van der Waals surface area contributed by atoms with Crippen LogP contribution in [0.1, 0.15) is 58.3 Å². The topological polar surface area (TPSA) is 89.0 Å². The monoisotopic (exact) mass is 640 g/mol. The van der Waals surface area contributed by atoms with Crippen molar-refractivity contribution in [3.8, 4) is 5.75 Å². The number of pyridine rings is 1. The van der Waals surface area contributed by atoms with Gasteiger partial charge in [0.1, 0.15) is 16.9 Å². The summed E-state index contributed by atoms with van der Waals surface area (Å²) < 4.78 is 46.7. The maximum Gasteiger partial charge on any atom is 0.210 e. The summed E-state index contributed by atoms with van der Waals surface area (Å²) in [5.74, 6) is 0.673. The highest BCUT2D eigenvalue weighted by molar-refractivity contribution is 7.91. The standard InChI is InChI=1S/C34H48N4O4S2/c1-3-4-5-6-10-25-42-28-11-14-30(15-12-28)44(40,41)33-27-35-32-16-13-29(43(2)39)26-31(32)34(33)38-23-21-37(22-24-38)20-19-36-17-8-7-9-18-36/h11-16,26-27H,3-10,17-25H2,1-2H3. The van der Waals surface area contributed by atoms with Crippen molar-refractivity contribution < 1.29 is 17.7 Å². The Morgan fingerprint density at radius 2 is 1.55 bits per heavy atom. The highest BCUT2D eigenvalue weighted by Crippen LogP contribution is 2.37. The molecule has 44 heavy (non-hydrogen) atoms. The van der Waals surface area contributed by atoms with E-state index in [1.165, 1.54) is 57.8 Å². The summed E-state index contributed by atoms with van der Waals surface area (Å²) in [6.45, 7) is 10.5. The molecule has 8 nitrogen and oxygen atoms in total. The number of fused-ring (bicyclic) bond motifs is 1. The summed E-state index contributed by atoms with van der Waals surface area (Å²) in [5.41, 5.74) is 1.36. The molecule has 0 saturated carbocycles. The van der Waals surface area contributed by atoms with E-state index < -0.39 is 21.0 Å². The third-order valence-electron chi connectivity index (χ3n) is 8.92. The average molecular weight is 641 g/mol. The lowest BCUT2D eigenvalue weighted by atomic mass is 10.1. The van der Waals surface area contributed by atoms with Crippen molar-refractivity contribution in [1.82, 2.24) is 14.8 Å². The maximum atomic E-state index is 14.2. The molecule has 10 heteroatoms. The molecule has 0 aliphatic carbocycles. The van der Waals surface area contributed by atoms with E-state index >= 15 is 0 Å². The van der Waals surface area contributed by atoms with Gasteiger partial charge in [-0.3, -0.25) is 9.88 Å². The lowest BCUT2D eigenvalue weighted by molar-refractivity contribution is 0.177. The Morgan fingerprint density at radius 3 is 2.23 bits per heavy atom. The number of aromatic nitrogens is 1. The number of nitrogens with zero attached hydrogens (tertiary/aromatic N) is 4. The van der Waals surface area contributed by atoms with E-state index in [0.717, 1.165) is 44.4 Å². The van der Waals surface area contributed by atoms with E-state index in [1.807, 2.05) is 18.2 Å². The Labute approximate surface area is 266 Å². The first kappa shape index (κ1) is 33.0. The molecule has 1 unspecified atom stereocenters. The predicted molar refractivity (Wildman–Crippen MR) is 179 cm³/mol. The normalized spacial score (nSPS) is 17.7. The fraction of sp³-hybridized carbons (Fsp3) is 0.559. The van der Waals surface area contributed by atoms with Crippen LogP contribution in [0.25, 0.3) is 10.9 Å². The zero-order valence-corrected chi connectivity index (χ0v) is 28.0. The number of hydrogen-bond acceptors (Lipinski definition) is 8. The number of unbranched alkanes of at least 4 members (excludes halogenated alkanes) is 4. The number of rotatable bonds is 14. The number of likely N-dealkylation sites (tertiary alicyclic amines) is 1. The summed E-state index contributed by atoms with van der Waals surface area (Å²) in [6.07, 6.45) is 12.8. The Morgan fingerprint density at radius 1 is 0.864 bits per heavy atom. The molecule has 240 valence electrons. The van der Waals surface area contributed by atoms with Gasteiger partial charge in [0.05, 0.1) is 22.7 Å². The number of sulfone groups is 1. The van der Waals surface area contributed by atoms with Gasteiger partial charge < -0.3 is 19.1 Å². The number of hydrogen-bond donors (Lipinski definition) is 0. The van der Waals surface area contributed by atoms with Gasteiger partial charge in [0, 0.05) is 56.9 Å². The van der Waals surface area contributed by atoms with Gasteiger partial charge in [-0.05, 0) is 79.9 Å². The molecular formula is C34H48N4O4S2. The summed E-state index contributed by atoms with van der Waals surface area (Å²) in [5, 5.41) is 0.726. The van der Waals surface area contributed by atoms with Crippen LogP contribution >= 0.6 is 0 Å². The van der Waals surface area contributed by atoms with Crippen LogP contribution in [0.4, 0.5) is 5.69 Å². The zero-order chi connectivity index (χ0) is 30.9. The SMILES string of the molecule is CCCCCCCOc1ccc(S(=O)(=O)c2cnc3ccc([S+](C)[O-])cc3c2N2CCN(CCN3CCCCC3)CC2)cc1. The van der Waals surface area contributed by atoms with E-state index in [2.05, 4.69) is 26.6 Å². The van der Waals surface area contributed by atoms with Crippen LogP contribution in [0.15, 0.2) is 63.3 Å². The molecule has 3 heterocycles. The molecule has 0 radical (unpaired) electrons. The molecule has 1 atom stereocenters. The first-order valence-corrected chi connectivity index (χ1v) is 19.3. The molecule has 0 amide bonds. The van der Waals surface area contributed by atoms with Crippen molar-refractivity contribution in [1.29, 1.82) is 0 Å². The van der Waals surface area contributed by atoms with Crippen LogP contribution in [0, 0.1) is 0 Å². The van der Waals surface area contributed by atoms with E-state index in [9.17, 15) is 13.0 Å². The Hall–Kier alpha value is -2.37. The maximum absolute atomic E-state index is 14.2. The van der Waals surface area contributed by atoms with Gasteiger partial charge in [-0.2, -0.15) is 0 Å². The van der Waals surface area contributed by atoms with Gasteiger partial charge in [-0.1, -0.05) is 39.0 Å². The van der Waals surface area contributed by atoms with Crippen LogP contribution in [0.3, 0.4) is 0 Å². The highest BCUT2D eigenvalue weighted by atomic mass is 32.2. The second-order valence-corrected chi connectivity index (χ2v) is 15.4. The smallest absolute Gasteiger partial charge is 0.210 e. The minimum Gasteiger partial charge on any atom is -0.612 e. The lowest BCUT2D eigenvalue weighted by Gasteiger charge is -2.38. The fourth-order valence-electron chi connectivity index (χ4n) is 6.24. The Kier molecular flexibility index (Phi) is 11.8. The van der Waals surface area contributed by atoms with Crippen LogP contribution in [0.2, 0.25) is 0 Å². The largest absolute Gasteiger partial charge is 0.612 e. The van der Waals surface area contributed by atoms with E-state index in [1.54, 1.807) is 30.5 Å². The molecule has 0 bridgehead atoms. The van der Waals surface area contributed by atoms with Gasteiger partial charge in [-0.15, -0.1) is 0 Å². The number of piperidine rings is 1. The number of benzene rings is 2. The minimum absolute atomic E-state index is 0.190. The van der Waals surface area contributed by atoms with Gasteiger partial charge in [-0.25, -0.2) is 8.42 Å². The zero-order valence-electron chi connectivity index (χ0n) is 26.4. The molecule has 2 aliphatic heterocycles. The number of anilines is 1. The first-order chi connectivity index (χ1) is 21.4. The molecule has 0 spiro atoms. The lowest BCUT2D eigenvalue weighted by Crippen LogP contribution is -2.49. The van der Waals surface area contributed by atoms with E-state index in [4.69, 9.17) is 4.74 Å². The van der Waals surface area contributed by atoms with Crippen molar-refractivity contribution in [3.63, 3.8) is 0 Å². The van der Waals surface area contributed by atoms with Crippen molar-refractivity contribution >= 4 is 37.6 Å². The Bertz CT molecular complexity index is 1450. The molecule has 0 N–H and O–H groups in total. The molecule has 2 aliphatic rings. The second-order valence-electron chi connectivity index (χ2n) is 12.1. The van der Waals surface area contributed by atoms with Crippen molar-refractivity contribution in [3.05, 3.63) is 48.7 Å². The quantitative estimate of drug-likeness (QED) is 0.162. The van der Waals surface area contributed by atoms with Crippen LogP contribution in [-0.2, 0) is 21.0 Å². The van der Waals surface area contributed by atoms with Crippen LogP contribution in [0.5, 0.6) is 5.75 Å². The van der Waals surface area contributed by atoms with Crippen LogP contribution in [-0.4, -0.2) is 93.0 Å². The summed E-state index contributed by atoms with van der Waals surface area (Å²) in [4.78, 5) is 12.9. The van der Waals surface area contributed by atoms with Gasteiger partial charge >= 0.3 is 0 Å². The van der Waals surface area contributed by atoms with E-state index in [-0.39, 0.29) is 9.79 Å². The average Bonchev–Trinajstić information content (AvgIpc) is 3.05. The van der Waals surface area contributed by atoms with Gasteiger partial charge in [0.2, 0.25) is 9.84 Å². The van der Waals surface area contributed by atoms with Crippen molar-refractivity contribution in [2.75, 3.05) is 70.1 Å². The predicted octanol–water partition coefficient (Wildman–Crippen LogP) is 5.76. The number of piperazine rings is 1. The van der Waals surface area contributed by atoms with Crippen LogP contribution < -0.4 is 9.64 Å². The van der Waals surface area contributed by atoms with Crippen molar-refractivity contribution in [2.45, 2.75) is 73.0 Å². The molecular weight excluding hydrogens is 593 g/mol. The molecule has 5 rings (SSSR count). The minimum atomic E-state index is -3.89. The second kappa shape index (κ2) is 15.8. The summed E-state index contributed by atoms with van der Waals surface area (Å²) in [6, 6.07) is 12.3. The molecule has 2 aromatic carbocycles. The highest BCUT2D eigenvalue weighted by Gasteiger charge is 2.29. The third kappa shape index (κ3) is 8.26. The third-order valence-corrected chi connectivity index (χ3v) is 11.6. The summed E-state index contributed by atoms with van der Waals surface area (Å²) >= 11 is -1.20. The van der Waals surface area contributed by atoms with Gasteiger partial charge in [0.25, 0.3) is 0 Å².